The van der Waals surface area contributed by atoms with Crippen LogP contribution in [-0.4, -0.2) is 0 Å². The molecule has 0 heterocycles. The van der Waals surface area contributed by atoms with Crippen LogP contribution >= 0.6 is 22.6 Å². The van der Waals surface area contributed by atoms with Crippen LogP contribution in [0.1, 0.15) is 24.9 Å². The molecule has 0 aliphatic carbocycles. The second kappa shape index (κ2) is 4.18. The molecule has 0 bridgehead atoms. The normalized spacial score (nSPS) is 13.0. The third kappa shape index (κ3) is 2.17. The van der Waals surface area contributed by atoms with E-state index in [1.165, 1.54) is 12.1 Å². The van der Waals surface area contributed by atoms with Crippen molar-refractivity contribution in [2.24, 2.45) is 5.73 Å². The number of rotatable bonds is 2. The van der Waals surface area contributed by atoms with Crippen LogP contribution in [0.15, 0.2) is 18.2 Å². The molecule has 1 nitrogen and oxygen atoms in total. The molecule has 0 amide bonds. The first-order chi connectivity index (χ1) is 5.65. The van der Waals surface area contributed by atoms with Gasteiger partial charge in [0.15, 0.2) is 0 Å². The zero-order valence-corrected chi connectivity index (χ0v) is 9.01. The van der Waals surface area contributed by atoms with Crippen LogP contribution in [-0.2, 0) is 0 Å². The van der Waals surface area contributed by atoms with Crippen LogP contribution in [0.5, 0.6) is 0 Å². The van der Waals surface area contributed by atoms with Crippen LogP contribution in [0.25, 0.3) is 0 Å². The van der Waals surface area contributed by atoms with E-state index in [9.17, 15) is 4.39 Å². The molecule has 0 aliphatic rings. The van der Waals surface area contributed by atoms with Gasteiger partial charge >= 0.3 is 0 Å². The van der Waals surface area contributed by atoms with Crippen molar-refractivity contribution in [3.63, 3.8) is 0 Å². The Kier molecular flexibility index (Phi) is 3.46. The van der Waals surface area contributed by atoms with Gasteiger partial charge in [0.2, 0.25) is 0 Å². The van der Waals surface area contributed by atoms with Crippen molar-refractivity contribution in [1.82, 2.24) is 0 Å². The lowest BCUT2D eigenvalue weighted by Gasteiger charge is -2.10. The lowest BCUT2D eigenvalue weighted by Crippen LogP contribution is -2.10. The van der Waals surface area contributed by atoms with Crippen LogP contribution in [0.2, 0.25) is 0 Å². The van der Waals surface area contributed by atoms with Gasteiger partial charge in [-0.05, 0) is 46.7 Å². The minimum atomic E-state index is -0.202. The number of halogens is 2. The zero-order chi connectivity index (χ0) is 9.14. The highest BCUT2D eigenvalue weighted by molar-refractivity contribution is 14.1. The fourth-order valence-electron chi connectivity index (χ4n) is 1.02. The third-order valence-corrected chi connectivity index (χ3v) is 2.74. The molecule has 1 rings (SSSR count). The topological polar surface area (TPSA) is 26.0 Å². The summed E-state index contributed by atoms with van der Waals surface area (Å²) in [6.07, 6.45) is 0.877. The van der Waals surface area contributed by atoms with Crippen molar-refractivity contribution < 1.29 is 4.39 Å². The highest BCUT2D eigenvalue weighted by Crippen LogP contribution is 2.21. The van der Waals surface area contributed by atoms with Gasteiger partial charge in [-0.3, -0.25) is 0 Å². The first kappa shape index (κ1) is 9.92. The molecule has 3 heteroatoms. The van der Waals surface area contributed by atoms with E-state index < -0.39 is 0 Å². The van der Waals surface area contributed by atoms with Crippen molar-refractivity contribution in [2.75, 3.05) is 0 Å². The lowest BCUT2D eigenvalue weighted by molar-refractivity contribution is 0.621. The summed E-state index contributed by atoms with van der Waals surface area (Å²) in [5.74, 6) is -0.202. The number of benzene rings is 1. The minimum Gasteiger partial charge on any atom is -0.324 e. The third-order valence-electron chi connectivity index (χ3n) is 1.80. The van der Waals surface area contributed by atoms with Gasteiger partial charge in [-0.25, -0.2) is 4.39 Å². The molecule has 0 aromatic heterocycles. The Morgan fingerprint density at radius 1 is 1.58 bits per heavy atom. The molecular formula is C9H11FIN. The molecule has 1 atom stereocenters. The van der Waals surface area contributed by atoms with E-state index in [4.69, 9.17) is 5.73 Å². The SMILES string of the molecule is CCC(N)c1ccc(F)cc1I. The molecule has 1 aromatic carbocycles. The lowest BCUT2D eigenvalue weighted by atomic mass is 10.1. The molecule has 0 spiro atoms. The summed E-state index contributed by atoms with van der Waals surface area (Å²) in [6.45, 7) is 2.02. The summed E-state index contributed by atoms with van der Waals surface area (Å²) >= 11 is 2.10. The Morgan fingerprint density at radius 2 is 2.25 bits per heavy atom. The van der Waals surface area contributed by atoms with Gasteiger partial charge in [-0.15, -0.1) is 0 Å². The Morgan fingerprint density at radius 3 is 2.75 bits per heavy atom. The molecule has 0 fully saturated rings. The van der Waals surface area contributed by atoms with Gasteiger partial charge in [0.25, 0.3) is 0 Å². The summed E-state index contributed by atoms with van der Waals surface area (Å²) in [5.41, 5.74) is 6.85. The predicted molar refractivity (Wildman–Crippen MR) is 56.3 cm³/mol. The van der Waals surface area contributed by atoms with Crippen molar-refractivity contribution in [3.8, 4) is 0 Å². The molecule has 1 unspecified atom stereocenters. The molecular weight excluding hydrogens is 268 g/mol. The maximum atomic E-state index is 12.7. The van der Waals surface area contributed by atoms with E-state index >= 15 is 0 Å². The van der Waals surface area contributed by atoms with Gasteiger partial charge < -0.3 is 5.73 Å². The average molecular weight is 279 g/mol. The molecule has 2 N–H and O–H groups in total. The second-order valence-electron chi connectivity index (χ2n) is 2.68. The average Bonchev–Trinajstić information content (AvgIpc) is 2.03. The molecule has 0 radical (unpaired) electrons. The predicted octanol–water partition coefficient (Wildman–Crippen LogP) is 2.84. The molecule has 1 aromatic rings. The van der Waals surface area contributed by atoms with Crippen molar-refractivity contribution in [3.05, 3.63) is 33.1 Å². The highest BCUT2D eigenvalue weighted by Gasteiger charge is 2.07. The van der Waals surface area contributed by atoms with Crippen LogP contribution in [0.3, 0.4) is 0 Å². The van der Waals surface area contributed by atoms with Crippen LogP contribution in [0.4, 0.5) is 4.39 Å². The van der Waals surface area contributed by atoms with Gasteiger partial charge in [-0.2, -0.15) is 0 Å². The first-order valence-electron chi connectivity index (χ1n) is 3.85. The Labute approximate surface area is 85.3 Å². The summed E-state index contributed by atoms with van der Waals surface area (Å²) < 4.78 is 13.6. The van der Waals surface area contributed by atoms with E-state index in [2.05, 4.69) is 22.6 Å². The maximum absolute atomic E-state index is 12.7. The smallest absolute Gasteiger partial charge is 0.124 e. The van der Waals surface area contributed by atoms with Gasteiger partial charge in [0, 0.05) is 9.61 Å². The summed E-state index contributed by atoms with van der Waals surface area (Å²) in [6, 6.07) is 4.74. The molecule has 0 saturated carbocycles. The molecule has 66 valence electrons. The fraction of sp³-hybridized carbons (Fsp3) is 0.333. The van der Waals surface area contributed by atoms with Crippen LogP contribution in [0, 0.1) is 9.39 Å². The second-order valence-corrected chi connectivity index (χ2v) is 3.84. The summed E-state index contributed by atoms with van der Waals surface area (Å²) in [7, 11) is 0. The van der Waals surface area contributed by atoms with Gasteiger partial charge in [0.1, 0.15) is 5.82 Å². The Hall–Kier alpha value is -0.160. The largest absolute Gasteiger partial charge is 0.324 e. The number of nitrogens with two attached hydrogens (primary N) is 1. The monoisotopic (exact) mass is 279 g/mol. The quantitative estimate of drug-likeness (QED) is 0.828. The van der Waals surface area contributed by atoms with Crippen molar-refractivity contribution in [1.29, 1.82) is 0 Å². The summed E-state index contributed by atoms with van der Waals surface area (Å²) in [5, 5.41) is 0. The molecule has 0 saturated heterocycles. The first-order valence-corrected chi connectivity index (χ1v) is 4.93. The van der Waals surface area contributed by atoms with Crippen molar-refractivity contribution in [2.45, 2.75) is 19.4 Å². The standard InChI is InChI=1S/C9H11FIN/c1-2-9(12)7-4-3-6(10)5-8(7)11/h3-5,9H,2,12H2,1H3. The molecule has 12 heavy (non-hydrogen) atoms. The fourth-order valence-corrected chi connectivity index (χ4v) is 1.90. The van der Waals surface area contributed by atoms with E-state index in [-0.39, 0.29) is 11.9 Å². The number of hydrogen-bond acceptors (Lipinski definition) is 1. The number of hydrogen-bond donors (Lipinski definition) is 1. The zero-order valence-electron chi connectivity index (χ0n) is 6.85. The van der Waals surface area contributed by atoms with Gasteiger partial charge in [0.05, 0.1) is 0 Å². The van der Waals surface area contributed by atoms with Crippen molar-refractivity contribution >= 4 is 22.6 Å². The van der Waals surface area contributed by atoms with E-state index in [0.717, 1.165) is 15.6 Å². The molecule has 0 aliphatic heterocycles. The van der Waals surface area contributed by atoms with E-state index in [1.54, 1.807) is 6.07 Å². The highest BCUT2D eigenvalue weighted by atomic mass is 127. The summed E-state index contributed by atoms with van der Waals surface area (Å²) in [4.78, 5) is 0. The van der Waals surface area contributed by atoms with Gasteiger partial charge in [-0.1, -0.05) is 13.0 Å². The maximum Gasteiger partial charge on any atom is 0.124 e. The van der Waals surface area contributed by atoms with Crippen LogP contribution < -0.4 is 5.73 Å². The van der Waals surface area contributed by atoms with E-state index in [0.29, 0.717) is 0 Å². The van der Waals surface area contributed by atoms with E-state index in [1.807, 2.05) is 6.92 Å². The Bertz CT molecular complexity index is 275. The Balaban J connectivity index is 3.01. The minimum absolute atomic E-state index is 0.0255.